The summed E-state index contributed by atoms with van der Waals surface area (Å²) in [5, 5.41) is 19.7. The predicted octanol–water partition coefficient (Wildman–Crippen LogP) is 2.73. The van der Waals surface area contributed by atoms with Crippen molar-refractivity contribution in [3.63, 3.8) is 0 Å². The molecule has 0 radical (unpaired) electrons. The fourth-order valence-electron chi connectivity index (χ4n) is 2.34. The number of primary amides is 1. The Bertz CT molecular complexity index is 952. The zero-order valence-electron chi connectivity index (χ0n) is 13.8. The van der Waals surface area contributed by atoms with E-state index in [1.807, 2.05) is 31.2 Å². The molecule has 9 heteroatoms. The highest BCUT2D eigenvalue weighted by Crippen LogP contribution is 2.29. The average molecular weight is 369 g/mol. The first-order valence-corrected chi connectivity index (χ1v) is 8.62. The SMILES string of the molecule is Cc1ccc(-n2c(SCC(N)=O)nnc2-c2ccc([N+](=O)[O-])cc2)cc1. The average Bonchev–Trinajstić information content (AvgIpc) is 3.04. The van der Waals surface area contributed by atoms with Gasteiger partial charge in [0.25, 0.3) is 5.69 Å². The summed E-state index contributed by atoms with van der Waals surface area (Å²) in [4.78, 5) is 21.5. The van der Waals surface area contributed by atoms with Crippen LogP contribution in [0, 0.1) is 17.0 Å². The lowest BCUT2D eigenvalue weighted by molar-refractivity contribution is -0.384. The van der Waals surface area contributed by atoms with E-state index in [0.29, 0.717) is 16.5 Å². The Balaban J connectivity index is 2.08. The Morgan fingerprint density at radius 1 is 1.15 bits per heavy atom. The molecule has 1 aromatic heterocycles. The van der Waals surface area contributed by atoms with Crippen LogP contribution >= 0.6 is 11.8 Å². The molecule has 2 aromatic carbocycles. The van der Waals surface area contributed by atoms with Crippen LogP contribution in [0.3, 0.4) is 0 Å². The molecule has 1 heterocycles. The highest BCUT2D eigenvalue weighted by molar-refractivity contribution is 7.99. The normalized spacial score (nSPS) is 10.7. The summed E-state index contributed by atoms with van der Waals surface area (Å²) in [7, 11) is 0. The van der Waals surface area contributed by atoms with E-state index in [1.165, 1.54) is 23.9 Å². The third kappa shape index (κ3) is 3.72. The van der Waals surface area contributed by atoms with Gasteiger partial charge in [-0.15, -0.1) is 10.2 Å². The van der Waals surface area contributed by atoms with E-state index in [2.05, 4.69) is 10.2 Å². The van der Waals surface area contributed by atoms with Crippen molar-refractivity contribution in [3.8, 4) is 17.1 Å². The number of hydrogen-bond donors (Lipinski definition) is 1. The van der Waals surface area contributed by atoms with Crippen molar-refractivity contribution in [3.05, 3.63) is 64.2 Å². The number of aromatic nitrogens is 3. The number of rotatable bonds is 6. The van der Waals surface area contributed by atoms with E-state index in [-0.39, 0.29) is 11.4 Å². The van der Waals surface area contributed by atoms with Gasteiger partial charge >= 0.3 is 0 Å². The molecule has 0 atom stereocenters. The molecule has 8 nitrogen and oxygen atoms in total. The summed E-state index contributed by atoms with van der Waals surface area (Å²) in [6.45, 7) is 1.98. The molecule has 0 unspecified atom stereocenters. The zero-order valence-corrected chi connectivity index (χ0v) is 14.6. The molecule has 0 spiro atoms. The van der Waals surface area contributed by atoms with E-state index >= 15 is 0 Å². The Morgan fingerprint density at radius 2 is 1.81 bits per heavy atom. The molecule has 1 amide bonds. The summed E-state index contributed by atoms with van der Waals surface area (Å²) in [5.41, 5.74) is 7.83. The molecule has 132 valence electrons. The molecule has 0 aliphatic rings. The van der Waals surface area contributed by atoms with E-state index in [0.717, 1.165) is 11.3 Å². The summed E-state index contributed by atoms with van der Waals surface area (Å²) in [5.74, 6) is 0.144. The number of nitrogens with zero attached hydrogens (tertiary/aromatic N) is 4. The number of amides is 1. The van der Waals surface area contributed by atoms with Gasteiger partial charge in [0.1, 0.15) is 0 Å². The number of thioether (sulfide) groups is 1. The molecular weight excluding hydrogens is 354 g/mol. The second-order valence-electron chi connectivity index (χ2n) is 5.54. The van der Waals surface area contributed by atoms with Crippen molar-refractivity contribution in [2.45, 2.75) is 12.1 Å². The highest BCUT2D eigenvalue weighted by atomic mass is 32.2. The van der Waals surface area contributed by atoms with Crippen molar-refractivity contribution in [2.75, 3.05) is 5.75 Å². The van der Waals surface area contributed by atoms with Crippen molar-refractivity contribution < 1.29 is 9.72 Å². The van der Waals surface area contributed by atoms with Crippen LogP contribution in [0.2, 0.25) is 0 Å². The molecule has 0 fully saturated rings. The van der Waals surface area contributed by atoms with Crippen LogP contribution in [0.5, 0.6) is 0 Å². The maximum atomic E-state index is 11.1. The van der Waals surface area contributed by atoms with E-state index < -0.39 is 10.8 Å². The van der Waals surface area contributed by atoms with E-state index in [9.17, 15) is 14.9 Å². The van der Waals surface area contributed by atoms with Gasteiger partial charge < -0.3 is 5.73 Å². The Morgan fingerprint density at radius 3 is 2.38 bits per heavy atom. The fraction of sp³-hybridized carbons (Fsp3) is 0.118. The van der Waals surface area contributed by atoms with Crippen molar-refractivity contribution in [1.82, 2.24) is 14.8 Å². The van der Waals surface area contributed by atoms with Crippen LogP contribution in [0.25, 0.3) is 17.1 Å². The lowest BCUT2D eigenvalue weighted by Crippen LogP contribution is -2.13. The predicted molar refractivity (Wildman–Crippen MR) is 98.1 cm³/mol. The summed E-state index contributed by atoms with van der Waals surface area (Å²) >= 11 is 1.18. The minimum absolute atomic E-state index is 0.00141. The Labute approximate surface area is 153 Å². The van der Waals surface area contributed by atoms with Gasteiger partial charge in [-0.3, -0.25) is 19.5 Å². The first-order chi connectivity index (χ1) is 12.5. The van der Waals surface area contributed by atoms with Crippen molar-refractivity contribution in [1.29, 1.82) is 0 Å². The molecule has 3 rings (SSSR count). The van der Waals surface area contributed by atoms with Gasteiger partial charge in [-0.2, -0.15) is 0 Å². The lowest BCUT2D eigenvalue weighted by atomic mass is 10.2. The number of non-ortho nitro benzene ring substituents is 1. The largest absolute Gasteiger partial charge is 0.369 e. The van der Waals surface area contributed by atoms with Gasteiger partial charge in [-0.1, -0.05) is 29.5 Å². The van der Waals surface area contributed by atoms with Gasteiger partial charge in [0.15, 0.2) is 11.0 Å². The third-order valence-electron chi connectivity index (χ3n) is 3.61. The monoisotopic (exact) mass is 369 g/mol. The molecular formula is C17H15N5O3S. The Kier molecular flexibility index (Phi) is 4.99. The van der Waals surface area contributed by atoms with Crippen LogP contribution in [0.15, 0.2) is 53.7 Å². The molecule has 0 saturated carbocycles. The number of carbonyl (C=O) groups is 1. The van der Waals surface area contributed by atoms with Gasteiger partial charge in [0.05, 0.1) is 10.7 Å². The van der Waals surface area contributed by atoms with Crippen LogP contribution in [0.4, 0.5) is 5.69 Å². The first kappa shape index (κ1) is 17.6. The molecule has 0 aliphatic heterocycles. The lowest BCUT2D eigenvalue weighted by Gasteiger charge is -2.10. The number of carbonyl (C=O) groups excluding carboxylic acids is 1. The molecule has 2 N–H and O–H groups in total. The molecule has 3 aromatic rings. The smallest absolute Gasteiger partial charge is 0.269 e. The second-order valence-corrected chi connectivity index (χ2v) is 6.48. The van der Waals surface area contributed by atoms with Gasteiger partial charge in [0.2, 0.25) is 5.91 Å². The van der Waals surface area contributed by atoms with Crippen LogP contribution < -0.4 is 5.73 Å². The minimum Gasteiger partial charge on any atom is -0.369 e. The number of benzene rings is 2. The van der Waals surface area contributed by atoms with Gasteiger partial charge in [0, 0.05) is 23.4 Å². The van der Waals surface area contributed by atoms with E-state index in [4.69, 9.17) is 5.73 Å². The molecule has 0 bridgehead atoms. The maximum absolute atomic E-state index is 11.1. The summed E-state index contributed by atoms with van der Waals surface area (Å²) < 4.78 is 1.80. The standard InChI is InChI=1S/C17H15N5O3S/c1-11-2-6-13(7-3-11)21-16(19-20-17(21)26-10-15(18)23)12-4-8-14(9-5-12)22(24)25/h2-9H,10H2,1H3,(H2,18,23). The van der Waals surface area contributed by atoms with Crippen LogP contribution in [0.1, 0.15) is 5.56 Å². The number of nitrogens with two attached hydrogens (primary N) is 1. The number of nitro groups is 1. The summed E-state index contributed by atoms with van der Waals surface area (Å²) in [6.07, 6.45) is 0. The van der Waals surface area contributed by atoms with Crippen LogP contribution in [-0.4, -0.2) is 31.3 Å². The van der Waals surface area contributed by atoms with Gasteiger partial charge in [-0.25, -0.2) is 0 Å². The number of hydrogen-bond acceptors (Lipinski definition) is 6. The third-order valence-corrected chi connectivity index (χ3v) is 4.56. The van der Waals surface area contributed by atoms with Gasteiger partial charge in [-0.05, 0) is 31.2 Å². The van der Waals surface area contributed by atoms with Crippen molar-refractivity contribution >= 4 is 23.4 Å². The quantitative estimate of drug-likeness (QED) is 0.405. The minimum atomic E-state index is -0.456. The maximum Gasteiger partial charge on any atom is 0.269 e. The number of nitro benzene ring substituents is 1. The highest BCUT2D eigenvalue weighted by Gasteiger charge is 2.17. The summed E-state index contributed by atoms with van der Waals surface area (Å²) in [6, 6.07) is 13.8. The van der Waals surface area contributed by atoms with Crippen LogP contribution in [-0.2, 0) is 4.79 Å². The second kappa shape index (κ2) is 7.36. The van der Waals surface area contributed by atoms with Crippen molar-refractivity contribution in [2.24, 2.45) is 5.73 Å². The molecule has 26 heavy (non-hydrogen) atoms. The molecule has 0 aliphatic carbocycles. The fourth-order valence-corrected chi connectivity index (χ4v) is 3.04. The Hall–Kier alpha value is -3.20. The molecule has 0 saturated heterocycles. The first-order valence-electron chi connectivity index (χ1n) is 7.64. The van der Waals surface area contributed by atoms with E-state index in [1.54, 1.807) is 16.7 Å². The zero-order chi connectivity index (χ0) is 18.7. The number of aryl methyl sites for hydroxylation is 1. The topological polar surface area (TPSA) is 117 Å².